The van der Waals surface area contributed by atoms with Gasteiger partial charge in [0, 0.05) is 18.3 Å². The molecule has 0 amide bonds. The van der Waals surface area contributed by atoms with Crippen molar-refractivity contribution < 1.29 is 8.42 Å². The maximum absolute atomic E-state index is 12.8. The lowest BCUT2D eigenvalue weighted by molar-refractivity contribution is 0.540. The van der Waals surface area contributed by atoms with E-state index in [1.54, 1.807) is 24.6 Å². The minimum Gasteiger partial charge on any atom is -0.268 e. The first kappa shape index (κ1) is 20.9. The van der Waals surface area contributed by atoms with E-state index in [0.717, 1.165) is 17.0 Å². The molecule has 3 rings (SSSR count). The fraction of sp³-hybridized carbons (Fsp3) is 0.350. The van der Waals surface area contributed by atoms with Crippen molar-refractivity contribution in [3.05, 3.63) is 68.8 Å². The number of hydrogen-bond donors (Lipinski definition) is 1. The Balaban J connectivity index is 1.79. The second-order valence-electron chi connectivity index (χ2n) is 7.22. The van der Waals surface area contributed by atoms with Gasteiger partial charge >= 0.3 is 0 Å². The molecule has 0 saturated carbocycles. The number of nitrogens with one attached hydrogen (secondary N) is 1. The quantitative estimate of drug-likeness (QED) is 0.663. The summed E-state index contributed by atoms with van der Waals surface area (Å²) in [6.45, 7) is 9.41. The summed E-state index contributed by atoms with van der Waals surface area (Å²) < 4.78 is 31.0. The second kappa shape index (κ2) is 7.92. The largest absolute Gasteiger partial charge is 0.268 e. The van der Waals surface area contributed by atoms with Gasteiger partial charge in [0.05, 0.1) is 17.1 Å². The number of rotatable bonds is 6. The van der Waals surface area contributed by atoms with E-state index >= 15 is 0 Å². The van der Waals surface area contributed by atoms with Gasteiger partial charge in [0.25, 0.3) is 5.56 Å². The molecule has 8 nitrogen and oxygen atoms in total. The van der Waals surface area contributed by atoms with Gasteiger partial charge in [-0.25, -0.2) is 22.5 Å². The van der Waals surface area contributed by atoms with Crippen LogP contribution in [0, 0.1) is 34.6 Å². The van der Waals surface area contributed by atoms with E-state index in [2.05, 4.69) is 14.9 Å². The normalized spacial score (nSPS) is 11.8. The molecule has 0 aliphatic carbocycles. The van der Waals surface area contributed by atoms with Gasteiger partial charge in [-0.05, 0) is 57.9 Å². The average molecular weight is 416 g/mol. The number of nitrogens with zero attached hydrogens (tertiary/aromatic N) is 4. The molecule has 0 fully saturated rings. The van der Waals surface area contributed by atoms with Crippen molar-refractivity contribution in [2.45, 2.75) is 46.1 Å². The number of hydrogen-bond acceptors (Lipinski definition) is 5. The highest BCUT2D eigenvalue weighted by atomic mass is 32.2. The summed E-state index contributed by atoms with van der Waals surface area (Å²) in [7, 11) is -3.70. The first-order valence-corrected chi connectivity index (χ1v) is 10.8. The van der Waals surface area contributed by atoms with Gasteiger partial charge in [-0.2, -0.15) is 5.10 Å². The highest BCUT2D eigenvalue weighted by Crippen LogP contribution is 2.21. The zero-order chi connectivity index (χ0) is 21.3. The zero-order valence-electron chi connectivity index (χ0n) is 17.2. The first-order valence-electron chi connectivity index (χ1n) is 9.28. The van der Waals surface area contributed by atoms with Gasteiger partial charge in [-0.3, -0.25) is 4.79 Å². The summed E-state index contributed by atoms with van der Waals surface area (Å²) in [6.07, 6.45) is 0. The van der Waals surface area contributed by atoms with Crippen LogP contribution in [0.4, 0.5) is 0 Å². The number of aromatic nitrogens is 4. The van der Waals surface area contributed by atoms with Crippen LogP contribution in [0.15, 0.2) is 40.0 Å². The smallest absolute Gasteiger partial charge is 0.266 e. The van der Waals surface area contributed by atoms with Crippen molar-refractivity contribution in [2.24, 2.45) is 0 Å². The molecule has 154 valence electrons. The Morgan fingerprint density at radius 1 is 0.966 bits per heavy atom. The van der Waals surface area contributed by atoms with Crippen molar-refractivity contribution in [1.29, 1.82) is 0 Å². The molecule has 0 spiro atoms. The SMILES string of the molecule is Cc1cc(C)c(S(=O)(=O)NCCn2nc(-n3nc(C)cc3C)ccc2=O)c(C)c1. The van der Waals surface area contributed by atoms with Gasteiger partial charge in [0.1, 0.15) is 0 Å². The Morgan fingerprint density at radius 3 is 2.21 bits per heavy atom. The predicted molar refractivity (Wildman–Crippen MR) is 111 cm³/mol. The van der Waals surface area contributed by atoms with Crippen LogP contribution in [-0.4, -0.2) is 34.5 Å². The Kier molecular flexibility index (Phi) is 5.72. The Bertz CT molecular complexity index is 1200. The molecule has 0 bridgehead atoms. The molecule has 29 heavy (non-hydrogen) atoms. The first-order chi connectivity index (χ1) is 13.6. The van der Waals surface area contributed by atoms with E-state index in [1.807, 2.05) is 39.0 Å². The van der Waals surface area contributed by atoms with Crippen molar-refractivity contribution in [1.82, 2.24) is 24.3 Å². The summed E-state index contributed by atoms with van der Waals surface area (Å²) in [5.41, 5.74) is 3.83. The number of sulfonamides is 1. The van der Waals surface area contributed by atoms with Crippen molar-refractivity contribution in [2.75, 3.05) is 6.54 Å². The summed E-state index contributed by atoms with van der Waals surface area (Å²) in [6, 6.07) is 8.59. The molecule has 1 N–H and O–H groups in total. The van der Waals surface area contributed by atoms with Crippen LogP contribution in [0.5, 0.6) is 0 Å². The van der Waals surface area contributed by atoms with E-state index in [-0.39, 0.29) is 23.5 Å². The van der Waals surface area contributed by atoms with Crippen molar-refractivity contribution >= 4 is 10.0 Å². The van der Waals surface area contributed by atoms with Gasteiger partial charge < -0.3 is 0 Å². The molecular formula is C20H25N5O3S. The number of aryl methyl sites for hydroxylation is 5. The highest BCUT2D eigenvalue weighted by Gasteiger charge is 2.19. The van der Waals surface area contributed by atoms with Crippen LogP contribution in [0.3, 0.4) is 0 Å². The fourth-order valence-electron chi connectivity index (χ4n) is 3.52. The fourth-order valence-corrected chi connectivity index (χ4v) is 4.99. The van der Waals surface area contributed by atoms with Gasteiger partial charge in [0.15, 0.2) is 5.82 Å². The summed E-state index contributed by atoms with van der Waals surface area (Å²) >= 11 is 0. The van der Waals surface area contributed by atoms with Crippen LogP contribution in [0.2, 0.25) is 0 Å². The van der Waals surface area contributed by atoms with Gasteiger partial charge in [-0.1, -0.05) is 17.7 Å². The molecular weight excluding hydrogens is 390 g/mol. The molecule has 2 aromatic heterocycles. The Morgan fingerprint density at radius 2 is 1.62 bits per heavy atom. The summed E-state index contributed by atoms with van der Waals surface area (Å²) in [5, 5.41) is 8.69. The molecule has 3 aromatic rings. The lowest BCUT2D eigenvalue weighted by atomic mass is 10.1. The van der Waals surface area contributed by atoms with E-state index in [9.17, 15) is 13.2 Å². The third-order valence-corrected chi connectivity index (χ3v) is 6.33. The Labute approximate surface area is 170 Å². The van der Waals surface area contributed by atoms with Crippen molar-refractivity contribution in [3.8, 4) is 5.82 Å². The standard InChI is InChI=1S/C20H25N5O3S/c1-13-10-14(2)20(15(3)11-13)29(27,28)21-8-9-24-19(26)7-6-18(23-24)25-17(5)12-16(4)22-25/h6-7,10-12,21H,8-9H2,1-5H3. The molecule has 0 aliphatic heterocycles. The summed E-state index contributed by atoms with van der Waals surface area (Å²) in [4.78, 5) is 12.4. The second-order valence-corrected chi connectivity index (χ2v) is 8.92. The van der Waals surface area contributed by atoms with Crippen LogP contribution in [0.25, 0.3) is 5.82 Å². The maximum Gasteiger partial charge on any atom is 0.266 e. The van der Waals surface area contributed by atoms with Crippen LogP contribution in [0.1, 0.15) is 28.1 Å². The predicted octanol–water partition coefficient (Wildman–Crippen LogP) is 1.95. The third-order valence-electron chi connectivity index (χ3n) is 4.57. The molecule has 0 radical (unpaired) electrons. The monoisotopic (exact) mass is 415 g/mol. The van der Waals surface area contributed by atoms with Crippen LogP contribution in [-0.2, 0) is 16.6 Å². The average Bonchev–Trinajstić information content (AvgIpc) is 2.93. The lowest BCUT2D eigenvalue weighted by Gasteiger charge is -2.13. The minimum atomic E-state index is -3.70. The lowest BCUT2D eigenvalue weighted by Crippen LogP contribution is -2.33. The van der Waals surface area contributed by atoms with E-state index < -0.39 is 10.0 Å². The maximum atomic E-state index is 12.8. The number of benzene rings is 1. The Hall–Kier alpha value is -2.78. The van der Waals surface area contributed by atoms with Crippen LogP contribution >= 0.6 is 0 Å². The van der Waals surface area contributed by atoms with E-state index in [0.29, 0.717) is 16.9 Å². The zero-order valence-corrected chi connectivity index (χ0v) is 18.0. The molecule has 1 aromatic carbocycles. The molecule has 0 unspecified atom stereocenters. The van der Waals surface area contributed by atoms with Crippen LogP contribution < -0.4 is 10.3 Å². The van der Waals surface area contributed by atoms with E-state index in [4.69, 9.17) is 0 Å². The molecule has 0 saturated heterocycles. The van der Waals surface area contributed by atoms with Gasteiger partial charge in [0.2, 0.25) is 10.0 Å². The molecule has 0 aliphatic rings. The summed E-state index contributed by atoms with van der Waals surface area (Å²) in [5.74, 6) is 0.503. The minimum absolute atomic E-state index is 0.0442. The third kappa shape index (κ3) is 4.46. The van der Waals surface area contributed by atoms with Crippen molar-refractivity contribution in [3.63, 3.8) is 0 Å². The molecule has 2 heterocycles. The topological polar surface area (TPSA) is 98.9 Å². The van der Waals surface area contributed by atoms with E-state index in [1.165, 1.54) is 10.7 Å². The highest BCUT2D eigenvalue weighted by molar-refractivity contribution is 7.89. The molecule has 9 heteroatoms. The molecule has 0 atom stereocenters. The van der Waals surface area contributed by atoms with Gasteiger partial charge in [-0.15, -0.1) is 5.10 Å².